The van der Waals surface area contributed by atoms with Crippen LogP contribution in [0.2, 0.25) is 0 Å². The molecule has 0 radical (unpaired) electrons. The van der Waals surface area contributed by atoms with Gasteiger partial charge in [0.25, 0.3) is 0 Å². The Hall–Kier alpha value is -2.80. The fraction of sp³-hybridized carbons (Fsp3) is 0.316. The van der Waals surface area contributed by atoms with Crippen LogP contribution in [0.4, 0.5) is 10.1 Å². The Morgan fingerprint density at radius 1 is 1.00 bits per heavy atom. The maximum atomic E-state index is 13.7. The van der Waals surface area contributed by atoms with Gasteiger partial charge in [-0.05, 0) is 36.9 Å². The summed E-state index contributed by atoms with van der Waals surface area (Å²) in [6.45, 7) is 0.586. The summed E-state index contributed by atoms with van der Waals surface area (Å²) in [6, 6.07) is 9.89. The lowest BCUT2D eigenvalue weighted by molar-refractivity contribution is -0.117. The van der Waals surface area contributed by atoms with Crippen LogP contribution in [-0.4, -0.2) is 45.7 Å². The van der Waals surface area contributed by atoms with Gasteiger partial charge in [0.05, 0.1) is 27.9 Å². The molecule has 0 aliphatic carbocycles. The number of likely N-dealkylation sites (N-methyl/N-ethyl adjacent to an activating group) is 1. The van der Waals surface area contributed by atoms with Crippen LogP contribution in [0.15, 0.2) is 36.4 Å². The second kappa shape index (κ2) is 9.05. The van der Waals surface area contributed by atoms with Gasteiger partial charge in [0.2, 0.25) is 5.91 Å². The molecule has 0 aliphatic rings. The van der Waals surface area contributed by atoms with Crippen LogP contribution in [-0.2, 0) is 11.3 Å². The van der Waals surface area contributed by atoms with E-state index in [9.17, 15) is 9.18 Å². The smallest absolute Gasteiger partial charge is 0.238 e. The minimum atomic E-state index is -0.423. The first-order valence-corrected chi connectivity index (χ1v) is 7.99. The number of anilines is 1. The molecule has 0 saturated heterocycles. The Balaban J connectivity index is 1.93. The molecule has 6 nitrogen and oxygen atoms in total. The number of methoxy groups -OCH3 is 3. The Morgan fingerprint density at radius 3 is 2.27 bits per heavy atom. The van der Waals surface area contributed by atoms with Gasteiger partial charge < -0.3 is 19.5 Å². The Bertz CT molecular complexity index is 767. The van der Waals surface area contributed by atoms with E-state index in [-0.39, 0.29) is 18.2 Å². The van der Waals surface area contributed by atoms with Crippen molar-refractivity contribution in [2.45, 2.75) is 6.54 Å². The van der Waals surface area contributed by atoms with Crippen LogP contribution in [0.3, 0.4) is 0 Å². The SMILES string of the molecule is COc1ccc(CN(C)CC(=O)Nc2ccc(OC)c(OC)c2)cc1F. The summed E-state index contributed by atoms with van der Waals surface area (Å²) in [6.07, 6.45) is 0. The number of carbonyl (C=O) groups is 1. The topological polar surface area (TPSA) is 60.0 Å². The molecule has 140 valence electrons. The van der Waals surface area contributed by atoms with E-state index < -0.39 is 5.82 Å². The second-order valence-electron chi connectivity index (χ2n) is 5.76. The van der Waals surface area contributed by atoms with Crippen molar-refractivity contribution in [3.8, 4) is 17.2 Å². The van der Waals surface area contributed by atoms with Gasteiger partial charge in [-0.25, -0.2) is 4.39 Å². The van der Waals surface area contributed by atoms with Gasteiger partial charge in [0, 0.05) is 18.3 Å². The number of nitrogens with one attached hydrogen (secondary N) is 1. The average Bonchev–Trinajstić information content (AvgIpc) is 2.61. The maximum absolute atomic E-state index is 13.7. The van der Waals surface area contributed by atoms with Crippen LogP contribution in [0, 0.1) is 5.82 Å². The monoisotopic (exact) mass is 362 g/mol. The molecule has 0 spiro atoms. The molecule has 0 bridgehead atoms. The van der Waals surface area contributed by atoms with Crippen molar-refractivity contribution in [2.24, 2.45) is 0 Å². The molecule has 26 heavy (non-hydrogen) atoms. The summed E-state index contributed by atoms with van der Waals surface area (Å²) in [5.41, 5.74) is 1.36. The first kappa shape index (κ1) is 19.5. The molecule has 0 unspecified atom stereocenters. The van der Waals surface area contributed by atoms with Gasteiger partial charge in [-0.15, -0.1) is 0 Å². The zero-order chi connectivity index (χ0) is 19.1. The third-order valence-corrected chi connectivity index (χ3v) is 3.75. The molecule has 0 aromatic heterocycles. The fourth-order valence-electron chi connectivity index (χ4n) is 2.54. The van der Waals surface area contributed by atoms with Gasteiger partial charge in [0.15, 0.2) is 23.1 Å². The predicted molar refractivity (Wildman–Crippen MR) is 97.5 cm³/mol. The van der Waals surface area contributed by atoms with Crippen LogP contribution in [0.25, 0.3) is 0 Å². The van der Waals surface area contributed by atoms with Crippen LogP contribution < -0.4 is 19.5 Å². The van der Waals surface area contributed by atoms with Gasteiger partial charge in [0.1, 0.15) is 0 Å². The summed E-state index contributed by atoms with van der Waals surface area (Å²) >= 11 is 0. The highest BCUT2D eigenvalue weighted by Crippen LogP contribution is 2.29. The molecular formula is C19H23FN2O4. The van der Waals surface area contributed by atoms with Crippen molar-refractivity contribution >= 4 is 11.6 Å². The number of rotatable bonds is 8. The molecule has 2 aromatic carbocycles. The Kier molecular flexibility index (Phi) is 6.80. The van der Waals surface area contributed by atoms with Gasteiger partial charge in [-0.3, -0.25) is 9.69 Å². The first-order valence-electron chi connectivity index (χ1n) is 7.99. The number of ether oxygens (including phenoxy) is 3. The van der Waals surface area contributed by atoms with Crippen molar-refractivity contribution < 1.29 is 23.4 Å². The molecule has 0 fully saturated rings. The number of carbonyl (C=O) groups excluding carboxylic acids is 1. The van der Waals surface area contributed by atoms with Gasteiger partial charge in [-0.1, -0.05) is 6.07 Å². The predicted octanol–water partition coefficient (Wildman–Crippen LogP) is 2.92. The molecule has 0 saturated carbocycles. The quantitative estimate of drug-likeness (QED) is 0.782. The summed E-state index contributed by atoms with van der Waals surface area (Å²) in [4.78, 5) is 14.0. The van der Waals surface area contributed by atoms with E-state index >= 15 is 0 Å². The molecule has 0 heterocycles. The van der Waals surface area contributed by atoms with Gasteiger partial charge in [-0.2, -0.15) is 0 Å². The second-order valence-corrected chi connectivity index (χ2v) is 5.76. The molecular weight excluding hydrogens is 339 g/mol. The van der Waals surface area contributed by atoms with E-state index in [2.05, 4.69) is 5.32 Å². The number of hydrogen-bond donors (Lipinski definition) is 1. The van der Waals surface area contributed by atoms with Crippen molar-refractivity contribution in [3.05, 3.63) is 47.8 Å². The molecule has 0 atom stereocenters. The van der Waals surface area contributed by atoms with Crippen molar-refractivity contribution in [2.75, 3.05) is 40.2 Å². The lowest BCUT2D eigenvalue weighted by atomic mass is 10.2. The van der Waals surface area contributed by atoms with Crippen molar-refractivity contribution in [1.82, 2.24) is 4.90 Å². The minimum Gasteiger partial charge on any atom is -0.494 e. The first-order chi connectivity index (χ1) is 12.5. The third kappa shape index (κ3) is 5.10. The number of benzene rings is 2. The zero-order valence-electron chi connectivity index (χ0n) is 15.3. The number of amides is 1. The fourth-order valence-corrected chi connectivity index (χ4v) is 2.54. The minimum absolute atomic E-state index is 0.155. The number of halogens is 1. The zero-order valence-corrected chi connectivity index (χ0v) is 15.3. The Labute approximate surface area is 152 Å². The molecule has 7 heteroatoms. The lowest BCUT2D eigenvalue weighted by Gasteiger charge is -2.17. The highest BCUT2D eigenvalue weighted by Gasteiger charge is 2.11. The van der Waals surface area contributed by atoms with Crippen LogP contribution in [0.5, 0.6) is 17.2 Å². The molecule has 2 rings (SSSR count). The van der Waals surface area contributed by atoms with Crippen LogP contribution in [0.1, 0.15) is 5.56 Å². The molecule has 1 N–H and O–H groups in total. The lowest BCUT2D eigenvalue weighted by Crippen LogP contribution is -2.29. The van der Waals surface area contributed by atoms with E-state index in [4.69, 9.17) is 14.2 Å². The third-order valence-electron chi connectivity index (χ3n) is 3.75. The summed E-state index contributed by atoms with van der Waals surface area (Å²) in [5.74, 6) is 0.709. The van der Waals surface area contributed by atoms with Crippen molar-refractivity contribution in [1.29, 1.82) is 0 Å². The van der Waals surface area contributed by atoms with E-state index in [1.807, 2.05) is 0 Å². The summed E-state index contributed by atoms with van der Waals surface area (Å²) < 4.78 is 29.0. The van der Waals surface area contributed by atoms with E-state index in [1.165, 1.54) is 20.3 Å². The number of nitrogens with zero attached hydrogens (tertiary/aromatic N) is 1. The maximum Gasteiger partial charge on any atom is 0.238 e. The largest absolute Gasteiger partial charge is 0.494 e. The van der Waals surface area contributed by atoms with E-state index in [0.29, 0.717) is 23.7 Å². The molecule has 1 amide bonds. The Morgan fingerprint density at radius 2 is 1.65 bits per heavy atom. The summed E-state index contributed by atoms with van der Waals surface area (Å²) in [7, 11) is 6.29. The van der Waals surface area contributed by atoms with Crippen molar-refractivity contribution in [3.63, 3.8) is 0 Å². The van der Waals surface area contributed by atoms with E-state index in [1.54, 1.807) is 49.4 Å². The molecule has 2 aromatic rings. The highest BCUT2D eigenvalue weighted by molar-refractivity contribution is 5.92. The van der Waals surface area contributed by atoms with Crippen LogP contribution >= 0.6 is 0 Å². The highest BCUT2D eigenvalue weighted by atomic mass is 19.1. The summed E-state index contributed by atoms with van der Waals surface area (Å²) in [5, 5.41) is 2.80. The normalized spacial score (nSPS) is 10.5. The standard InChI is InChI=1S/C19H23FN2O4/c1-22(11-13-5-7-16(24-2)15(20)9-13)12-19(23)21-14-6-8-17(25-3)18(10-14)26-4/h5-10H,11-12H2,1-4H3,(H,21,23). The number of hydrogen-bond acceptors (Lipinski definition) is 5. The van der Waals surface area contributed by atoms with Gasteiger partial charge >= 0.3 is 0 Å². The van der Waals surface area contributed by atoms with E-state index in [0.717, 1.165) is 5.56 Å². The average molecular weight is 362 g/mol. The molecule has 0 aliphatic heterocycles.